The SMILES string of the molecule is N#CN=C(NCC(O[N+](=O)[O-])c1ccc([N+](=O)[O-])cc1)c1cccnc1. The fourth-order valence-corrected chi connectivity index (χ4v) is 2.08. The van der Waals surface area contributed by atoms with E-state index in [-0.39, 0.29) is 18.1 Å². The molecule has 0 aliphatic heterocycles. The number of nitrogens with zero attached hydrogens (tertiary/aromatic N) is 5. The molecular formula is C15H12N6O5. The van der Waals surface area contributed by atoms with Crippen LogP contribution in [0.25, 0.3) is 0 Å². The molecule has 0 fully saturated rings. The van der Waals surface area contributed by atoms with Crippen molar-refractivity contribution >= 4 is 11.5 Å². The lowest BCUT2D eigenvalue weighted by Crippen LogP contribution is -2.31. The van der Waals surface area contributed by atoms with Gasteiger partial charge in [-0.25, -0.2) is 0 Å². The van der Waals surface area contributed by atoms with Gasteiger partial charge in [0.2, 0.25) is 6.19 Å². The largest absolute Gasteiger partial charge is 0.366 e. The van der Waals surface area contributed by atoms with Gasteiger partial charge in [0, 0.05) is 36.6 Å². The number of aromatic nitrogens is 1. The van der Waals surface area contributed by atoms with Crippen LogP contribution < -0.4 is 5.32 Å². The third-order valence-electron chi connectivity index (χ3n) is 3.24. The lowest BCUT2D eigenvalue weighted by atomic mass is 10.1. The summed E-state index contributed by atoms with van der Waals surface area (Å²) in [6.45, 7) is -0.103. The summed E-state index contributed by atoms with van der Waals surface area (Å²) in [5.74, 6) is 0.166. The van der Waals surface area contributed by atoms with Crippen molar-refractivity contribution in [3.63, 3.8) is 0 Å². The van der Waals surface area contributed by atoms with Crippen LogP contribution in [0.3, 0.4) is 0 Å². The number of nitriles is 1. The third-order valence-corrected chi connectivity index (χ3v) is 3.24. The molecule has 11 nitrogen and oxygen atoms in total. The van der Waals surface area contributed by atoms with Gasteiger partial charge in [-0.15, -0.1) is 10.1 Å². The van der Waals surface area contributed by atoms with E-state index < -0.39 is 16.1 Å². The quantitative estimate of drug-likeness (QED) is 0.258. The second-order valence-electron chi connectivity index (χ2n) is 4.85. The van der Waals surface area contributed by atoms with E-state index in [4.69, 9.17) is 5.26 Å². The summed E-state index contributed by atoms with van der Waals surface area (Å²) in [7, 11) is 0. The molecule has 2 aromatic rings. The summed E-state index contributed by atoms with van der Waals surface area (Å²) in [4.78, 5) is 33.1. The smallest absolute Gasteiger partial charge is 0.295 e. The fourth-order valence-electron chi connectivity index (χ4n) is 2.08. The summed E-state index contributed by atoms with van der Waals surface area (Å²) in [6, 6.07) is 8.46. The Bertz CT molecular complexity index is 847. The number of hydrogen-bond acceptors (Lipinski definition) is 8. The molecule has 26 heavy (non-hydrogen) atoms. The molecule has 1 heterocycles. The predicted octanol–water partition coefficient (Wildman–Crippen LogP) is 1.76. The molecule has 1 N–H and O–H groups in total. The van der Waals surface area contributed by atoms with Crippen molar-refractivity contribution in [3.8, 4) is 6.19 Å². The van der Waals surface area contributed by atoms with E-state index in [2.05, 4.69) is 20.1 Å². The maximum absolute atomic E-state index is 10.8. The molecule has 1 unspecified atom stereocenters. The van der Waals surface area contributed by atoms with Gasteiger partial charge < -0.3 is 10.2 Å². The number of amidine groups is 1. The predicted molar refractivity (Wildman–Crippen MR) is 88.3 cm³/mol. The van der Waals surface area contributed by atoms with E-state index in [1.54, 1.807) is 24.5 Å². The summed E-state index contributed by atoms with van der Waals surface area (Å²) in [5.41, 5.74) is 0.712. The summed E-state index contributed by atoms with van der Waals surface area (Å²) >= 11 is 0. The molecule has 0 saturated carbocycles. The van der Waals surface area contributed by atoms with E-state index in [1.807, 2.05) is 0 Å². The first kappa shape index (κ1) is 18.3. The van der Waals surface area contributed by atoms with Crippen LogP contribution in [0.5, 0.6) is 0 Å². The van der Waals surface area contributed by atoms with E-state index in [9.17, 15) is 20.2 Å². The molecule has 0 aliphatic rings. The molecule has 1 aromatic heterocycles. The summed E-state index contributed by atoms with van der Waals surface area (Å²) in [6.07, 6.45) is 3.59. The van der Waals surface area contributed by atoms with Crippen LogP contribution in [0, 0.1) is 31.7 Å². The second kappa shape index (κ2) is 8.69. The number of hydrogen-bond donors (Lipinski definition) is 1. The molecule has 1 atom stereocenters. The zero-order chi connectivity index (χ0) is 18.9. The van der Waals surface area contributed by atoms with Crippen LogP contribution >= 0.6 is 0 Å². The Morgan fingerprint density at radius 3 is 2.58 bits per heavy atom. The van der Waals surface area contributed by atoms with Crippen LogP contribution in [0.2, 0.25) is 0 Å². The number of aliphatic imine (C=N–C) groups is 1. The molecule has 2 rings (SSSR count). The van der Waals surface area contributed by atoms with Crippen molar-refractivity contribution in [3.05, 3.63) is 80.1 Å². The number of pyridine rings is 1. The van der Waals surface area contributed by atoms with Crippen molar-refractivity contribution in [2.24, 2.45) is 4.99 Å². The lowest BCUT2D eigenvalue weighted by Gasteiger charge is -2.17. The first-order valence-corrected chi connectivity index (χ1v) is 7.18. The molecular weight excluding hydrogens is 344 g/mol. The Morgan fingerprint density at radius 1 is 1.31 bits per heavy atom. The molecule has 11 heteroatoms. The van der Waals surface area contributed by atoms with E-state index in [0.717, 1.165) is 0 Å². The minimum atomic E-state index is -1.06. The highest BCUT2D eigenvalue weighted by Crippen LogP contribution is 2.20. The molecule has 0 radical (unpaired) electrons. The van der Waals surface area contributed by atoms with Gasteiger partial charge in [-0.3, -0.25) is 15.1 Å². The number of nitro groups is 1. The highest BCUT2D eigenvalue weighted by molar-refractivity contribution is 5.99. The number of benzene rings is 1. The van der Waals surface area contributed by atoms with Crippen LogP contribution in [-0.4, -0.2) is 27.4 Å². The van der Waals surface area contributed by atoms with Gasteiger partial charge in [0.15, 0.2) is 0 Å². The number of nitrogens with one attached hydrogen (secondary N) is 1. The van der Waals surface area contributed by atoms with Crippen molar-refractivity contribution in [1.29, 1.82) is 5.26 Å². The van der Waals surface area contributed by atoms with Gasteiger partial charge in [-0.05, 0) is 29.8 Å². The van der Waals surface area contributed by atoms with Crippen LogP contribution in [-0.2, 0) is 4.84 Å². The Hall–Kier alpha value is -4.07. The third kappa shape index (κ3) is 4.96. The lowest BCUT2D eigenvalue weighted by molar-refractivity contribution is -0.770. The summed E-state index contributed by atoms with van der Waals surface area (Å²) < 4.78 is 0. The maximum atomic E-state index is 10.8. The maximum Gasteiger partial charge on any atom is 0.295 e. The van der Waals surface area contributed by atoms with Crippen LogP contribution in [0.1, 0.15) is 17.2 Å². The van der Waals surface area contributed by atoms with Gasteiger partial charge in [0.25, 0.3) is 10.8 Å². The zero-order valence-corrected chi connectivity index (χ0v) is 13.2. The van der Waals surface area contributed by atoms with Crippen molar-refractivity contribution in [1.82, 2.24) is 10.3 Å². The minimum Gasteiger partial charge on any atom is -0.366 e. The monoisotopic (exact) mass is 356 g/mol. The van der Waals surface area contributed by atoms with Gasteiger partial charge in [-0.1, -0.05) is 0 Å². The highest BCUT2D eigenvalue weighted by atomic mass is 17.0. The second-order valence-corrected chi connectivity index (χ2v) is 4.85. The molecule has 0 spiro atoms. The Morgan fingerprint density at radius 2 is 2.04 bits per heavy atom. The molecule has 1 aromatic carbocycles. The molecule has 0 amide bonds. The van der Waals surface area contributed by atoms with Crippen molar-refractivity contribution < 1.29 is 14.8 Å². The number of rotatable bonds is 7. The van der Waals surface area contributed by atoms with Gasteiger partial charge >= 0.3 is 0 Å². The molecule has 0 aliphatic carbocycles. The number of nitro benzene ring substituents is 1. The van der Waals surface area contributed by atoms with Crippen molar-refractivity contribution in [2.45, 2.75) is 6.10 Å². The van der Waals surface area contributed by atoms with Gasteiger partial charge in [-0.2, -0.15) is 10.3 Å². The molecule has 132 valence electrons. The Labute approximate surface area is 146 Å². The fraction of sp³-hybridized carbons (Fsp3) is 0.133. The van der Waals surface area contributed by atoms with Crippen LogP contribution in [0.15, 0.2) is 53.8 Å². The van der Waals surface area contributed by atoms with Crippen molar-refractivity contribution in [2.75, 3.05) is 6.54 Å². The summed E-state index contributed by atoms with van der Waals surface area (Å²) in [5, 5.41) is 32.1. The average Bonchev–Trinajstić information content (AvgIpc) is 2.64. The molecule has 0 bridgehead atoms. The number of non-ortho nitro benzene ring substituents is 1. The topological polar surface area (TPSA) is 157 Å². The van der Waals surface area contributed by atoms with E-state index in [0.29, 0.717) is 11.1 Å². The highest BCUT2D eigenvalue weighted by Gasteiger charge is 2.18. The van der Waals surface area contributed by atoms with E-state index >= 15 is 0 Å². The van der Waals surface area contributed by atoms with Gasteiger partial charge in [0.1, 0.15) is 11.9 Å². The van der Waals surface area contributed by atoms with Crippen LogP contribution in [0.4, 0.5) is 5.69 Å². The average molecular weight is 356 g/mol. The standard InChI is InChI=1S/C15H12N6O5/c16-10-19-15(12-2-1-7-17-8-12)18-9-14(26-21(24)25)11-3-5-13(6-4-11)20(22)23/h1-8,14H,9H2,(H,18,19). The van der Waals surface area contributed by atoms with Gasteiger partial charge in [0.05, 0.1) is 4.92 Å². The Kier molecular flexibility index (Phi) is 6.11. The zero-order valence-electron chi connectivity index (χ0n) is 13.2. The minimum absolute atomic E-state index is 0.103. The van der Waals surface area contributed by atoms with E-state index in [1.165, 1.54) is 30.5 Å². The first-order valence-electron chi connectivity index (χ1n) is 7.18. The first-order chi connectivity index (χ1) is 12.5. The normalized spacial score (nSPS) is 11.9. The Balaban J connectivity index is 2.19. The molecule has 0 saturated heterocycles.